The fourth-order valence-corrected chi connectivity index (χ4v) is 4.23. The van der Waals surface area contributed by atoms with Crippen molar-refractivity contribution < 1.29 is 4.79 Å². The lowest BCUT2D eigenvalue weighted by molar-refractivity contribution is 0.102. The lowest BCUT2D eigenvalue weighted by Gasteiger charge is -2.10. The molecule has 0 aliphatic heterocycles. The molecule has 0 atom stereocenters. The number of carbonyl (C=O) groups excluding carboxylic acids is 1. The molecule has 8 nitrogen and oxygen atoms in total. The number of hydrogen-bond donors (Lipinski definition) is 1. The maximum atomic E-state index is 13.3. The highest BCUT2D eigenvalue weighted by atomic mass is 16.1. The van der Waals surface area contributed by atoms with E-state index < -0.39 is 0 Å². The van der Waals surface area contributed by atoms with Crippen molar-refractivity contribution in [3.8, 4) is 11.3 Å². The highest BCUT2D eigenvalue weighted by molar-refractivity contribution is 6.12. The van der Waals surface area contributed by atoms with Crippen LogP contribution >= 0.6 is 0 Å². The average molecular weight is 452 g/mol. The first-order chi connectivity index (χ1) is 16.4. The topological polar surface area (TPSA) is 90.5 Å². The molecule has 170 valence electrons. The average Bonchev–Trinajstić information content (AvgIpc) is 3.35. The Morgan fingerprint density at radius 1 is 1.00 bits per heavy atom. The number of para-hydroxylation sites is 1. The molecule has 0 aliphatic rings. The third kappa shape index (κ3) is 4.05. The van der Waals surface area contributed by atoms with Gasteiger partial charge in [-0.1, -0.05) is 48.0 Å². The number of pyridine rings is 1. The minimum atomic E-state index is -0.285. The van der Waals surface area contributed by atoms with Crippen molar-refractivity contribution in [3.05, 3.63) is 89.0 Å². The Morgan fingerprint density at radius 2 is 1.82 bits per heavy atom. The molecule has 0 spiro atoms. The molecule has 8 heteroatoms. The molecule has 3 heterocycles. The second kappa shape index (κ2) is 8.55. The largest absolute Gasteiger partial charge is 0.289 e. The first kappa shape index (κ1) is 21.5. The molecule has 1 N–H and O–H groups in total. The van der Waals surface area contributed by atoms with E-state index in [-0.39, 0.29) is 11.9 Å². The standard InChI is InChI=1S/C26H25N7O/c1-16-8-7-9-19(12-16)14-33-15-27-26(31-33)29-25(34)21-13-23(24-17(2)30-32(4)18(24)3)28-22-11-6-5-10-20(21)22/h5-13,15H,14H2,1-4H3,(H,29,31,34). The quantitative estimate of drug-likeness (QED) is 0.426. The predicted molar refractivity (Wildman–Crippen MR) is 132 cm³/mol. The molecule has 2 aromatic carbocycles. The number of fused-ring (bicyclic) bond motifs is 1. The number of rotatable bonds is 5. The molecule has 0 bridgehead atoms. The lowest BCUT2D eigenvalue weighted by Crippen LogP contribution is -2.14. The van der Waals surface area contributed by atoms with Crippen molar-refractivity contribution in [2.75, 3.05) is 5.32 Å². The molecule has 0 aliphatic carbocycles. The van der Waals surface area contributed by atoms with Crippen molar-refractivity contribution in [1.82, 2.24) is 29.5 Å². The van der Waals surface area contributed by atoms with E-state index >= 15 is 0 Å². The molecule has 0 radical (unpaired) electrons. The smallest absolute Gasteiger partial charge is 0.258 e. The zero-order chi connectivity index (χ0) is 23.8. The van der Waals surface area contributed by atoms with Gasteiger partial charge in [-0.15, -0.1) is 5.10 Å². The molecule has 0 fully saturated rings. The van der Waals surface area contributed by atoms with E-state index in [2.05, 4.69) is 39.6 Å². The molecule has 0 unspecified atom stereocenters. The Kier molecular flexibility index (Phi) is 5.41. The summed E-state index contributed by atoms with van der Waals surface area (Å²) in [4.78, 5) is 22.5. The van der Waals surface area contributed by atoms with Gasteiger partial charge in [-0.05, 0) is 38.5 Å². The molecular formula is C26H25N7O. The van der Waals surface area contributed by atoms with Crippen LogP contribution in [0.15, 0.2) is 60.9 Å². The lowest BCUT2D eigenvalue weighted by atomic mass is 10.0. The predicted octanol–water partition coefficient (Wildman–Crippen LogP) is 4.45. The summed E-state index contributed by atoms with van der Waals surface area (Å²) in [7, 11) is 1.90. The Hall–Kier alpha value is -4.33. The van der Waals surface area contributed by atoms with Crippen molar-refractivity contribution in [2.24, 2.45) is 7.05 Å². The van der Waals surface area contributed by atoms with Gasteiger partial charge in [-0.2, -0.15) is 5.10 Å². The van der Waals surface area contributed by atoms with Crippen LogP contribution in [0, 0.1) is 20.8 Å². The van der Waals surface area contributed by atoms with Crippen molar-refractivity contribution in [3.63, 3.8) is 0 Å². The van der Waals surface area contributed by atoms with Crippen LogP contribution in [0.1, 0.15) is 32.9 Å². The van der Waals surface area contributed by atoms with Crippen LogP contribution < -0.4 is 5.32 Å². The maximum absolute atomic E-state index is 13.3. The zero-order valence-corrected chi connectivity index (χ0v) is 19.6. The fraction of sp³-hybridized carbons (Fsp3) is 0.192. The third-order valence-electron chi connectivity index (χ3n) is 5.91. The molecule has 5 rings (SSSR count). The van der Waals surface area contributed by atoms with E-state index in [4.69, 9.17) is 4.98 Å². The number of aromatic nitrogens is 6. The molecule has 1 amide bonds. The summed E-state index contributed by atoms with van der Waals surface area (Å²) in [6, 6.07) is 17.7. The second-order valence-electron chi connectivity index (χ2n) is 8.45. The van der Waals surface area contributed by atoms with Gasteiger partial charge in [0.2, 0.25) is 5.95 Å². The minimum Gasteiger partial charge on any atom is -0.289 e. The van der Waals surface area contributed by atoms with E-state index in [0.717, 1.165) is 33.4 Å². The molecule has 34 heavy (non-hydrogen) atoms. The van der Waals surface area contributed by atoms with Crippen LogP contribution in [0.25, 0.3) is 22.2 Å². The van der Waals surface area contributed by atoms with Crippen LogP contribution in [-0.2, 0) is 13.6 Å². The van der Waals surface area contributed by atoms with E-state index in [1.165, 1.54) is 5.56 Å². The van der Waals surface area contributed by atoms with E-state index in [1.807, 2.05) is 68.0 Å². The number of benzene rings is 2. The number of carbonyl (C=O) groups is 1. The molecule has 5 aromatic rings. The number of anilines is 1. The first-order valence-electron chi connectivity index (χ1n) is 11.1. The van der Waals surface area contributed by atoms with Gasteiger partial charge in [-0.25, -0.2) is 14.6 Å². The Bertz CT molecular complexity index is 1530. The number of aryl methyl sites for hydroxylation is 3. The van der Waals surface area contributed by atoms with Gasteiger partial charge in [0.05, 0.1) is 29.0 Å². The van der Waals surface area contributed by atoms with Crippen LogP contribution in [0.2, 0.25) is 0 Å². The molecule has 3 aromatic heterocycles. The summed E-state index contributed by atoms with van der Waals surface area (Å²) in [6.07, 6.45) is 1.62. The number of hydrogen-bond acceptors (Lipinski definition) is 5. The summed E-state index contributed by atoms with van der Waals surface area (Å²) in [5.74, 6) is -0.0267. The van der Waals surface area contributed by atoms with E-state index in [0.29, 0.717) is 17.8 Å². The minimum absolute atomic E-state index is 0.258. The summed E-state index contributed by atoms with van der Waals surface area (Å²) >= 11 is 0. The van der Waals surface area contributed by atoms with Crippen LogP contribution in [0.5, 0.6) is 0 Å². The van der Waals surface area contributed by atoms with Gasteiger partial charge in [0.25, 0.3) is 5.91 Å². The fourth-order valence-electron chi connectivity index (χ4n) is 4.23. The molecule has 0 saturated carbocycles. The van der Waals surface area contributed by atoms with Crippen molar-refractivity contribution in [2.45, 2.75) is 27.3 Å². The Labute approximate surface area is 197 Å². The Balaban J connectivity index is 1.47. The van der Waals surface area contributed by atoms with Gasteiger partial charge in [-0.3, -0.25) is 14.8 Å². The van der Waals surface area contributed by atoms with Gasteiger partial charge < -0.3 is 0 Å². The van der Waals surface area contributed by atoms with Crippen LogP contribution in [0.3, 0.4) is 0 Å². The maximum Gasteiger partial charge on any atom is 0.258 e. The van der Waals surface area contributed by atoms with Crippen LogP contribution in [0.4, 0.5) is 5.95 Å². The van der Waals surface area contributed by atoms with Crippen molar-refractivity contribution in [1.29, 1.82) is 0 Å². The van der Waals surface area contributed by atoms with E-state index in [9.17, 15) is 4.79 Å². The first-order valence-corrected chi connectivity index (χ1v) is 11.1. The normalized spacial score (nSPS) is 11.2. The summed E-state index contributed by atoms with van der Waals surface area (Å²) < 4.78 is 3.54. The highest BCUT2D eigenvalue weighted by Crippen LogP contribution is 2.29. The third-order valence-corrected chi connectivity index (χ3v) is 5.91. The van der Waals surface area contributed by atoms with Gasteiger partial charge >= 0.3 is 0 Å². The summed E-state index contributed by atoms with van der Waals surface area (Å²) in [5, 5.41) is 12.6. The summed E-state index contributed by atoms with van der Waals surface area (Å²) in [5.41, 5.74) is 7.06. The van der Waals surface area contributed by atoms with Crippen molar-refractivity contribution >= 4 is 22.8 Å². The zero-order valence-electron chi connectivity index (χ0n) is 19.6. The number of nitrogens with one attached hydrogen (secondary N) is 1. The van der Waals surface area contributed by atoms with Gasteiger partial charge in [0.1, 0.15) is 6.33 Å². The van der Waals surface area contributed by atoms with Crippen LogP contribution in [-0.4, -0.2) is 35.4 Å². The van der Waals surface area contributed by atoms with E-state index in [1.54, 1.807) is 11.0 Å². The number of nitrogens with zero attached hydrogens (tertiary/aromatic N) is 6. The Morgan fingerprint density at radius 3 is 2.59 bits per heavy atom. The second-order valence-corrected chi connectivity index (χ2v) is 8.45. The van der Waals surface area contributed by atoms with Gasteiger partial charge in [0.15, 0.2) is 0 Å². The SMILES string of the molecule is Cc1cccc(Cn2cnc(NC(=O)c3cc(-c4c(C)nn(C)c4C)nc4ccccc34)n2)c1. The number of amides is 1. The monoisotopic (exact) mass is 451 g/mol. The highest BCUT2D eigenvalue weighted by Gasteiger charge is 2.19. The molecular weight excluding hydrogens is 426 g/mol. The molecule has 0 saturated heterocycles. The summed E-state index contributed by atoms with van der Waals surface area (Å²) in [6.45, 7) is 6.57. The van der Waals surface area contributed by atoms with Gasteiger partial charge in [0, 0.05) is 23.7 Å².